The maximum absolute atomic E-state index is 12.4. The van der Waals surface area contributed by atoms with Crippen molar-refractivity contribution >= 4 is 17.6 Å². The van der Waals surface area contributed by atoms with E-state index in [1.54, 1.807) is 24.5 Å². The quantitative estimate of drug-likeness (QED) is 0.197. The van der Waals surface area contributed by atoms with Crippen molar-refractivity contribution < 1.29 is 22.8 Å². The number of ketones is 1. The Kier molecular flexibility index (Phi) is 8.40. The van der Waals surface area contributed by atoms with Crippen molar-refractivity contribution in [1.29, 1.82) is 0 Å². The summed E-state index contributed by atoms with van der Waals surface area (Å²) in [6.07, 6.45) is 1.55. The van der Waals surface area contributed by atoms with Gasteiger partial charge in [0.05, 0.1) is 24.5 Å². The molecule has 0 spiro atoms. The molecular weight excluding hydrogens is 469 g/mol. The number of rotatable bonds is 11. The number of halogens is 3. The maximum atomic E-state index is 12.4. The van der Waals surface area contributed by atoms with Gasteiger partial charge < -0.3 is 9.74 Å². The zero-order valence-corrected chi connectivity index (χ0v) is 20.4. The van der Waals surface area contributed by atoms with Gasteiger partial charge in [-0.3, -0.25) is 9.20 Å². The molecule has 9 heteroatoms. The molecule has 1 fully saturated rings. The number of hydrogen-bond acceptors (Lipinski definition) is 5. The van der Waals surface area contributed by atoms with E-state index < -0.39 is 24.8 Å². The second-order valence-corrected chi connectivity index (χ2v) is 9.48. The number of nitrogens with zero attached hydrogens (tertiary/aromatic N) is 4. The highest BCUT2D eigenvalue weighted by Gasteiger charge is 2.27. The third-order valence-electron chi connectivity index (χ3n) is 6.34. The van der Waals surface area contributed by atoms with E-state index >= 15 is 0 Å². The Morgan fingerprint density at radius 1 is 1.28 bits per heavy atom. The van der Waals surface area contributed by atoms with Crippen molar-refractivity contribution in [3.8, 4) is 11.3 Å². The average Bonchev–Trinajstić information content (AvgIpc) is 3.45. The van der Waals surface area contributed by atoms with Gasteiger partial charge in [-0.05, 0) is 49.1 Å². The lowest BCUT2D eigenvalue weighted by atomic mass is 10.0. The maximum Gasteiger partial charge on any atom is 0.389 e. The summed E-state index contributed by atoms with van der Waals surface area (Å²) in [5.74, 6) is 0.353. The minimum Gasteiger partial charge on any atom is -0.396 e. The first kappa shape index (κ1) is 25.9. The molecule has 0 amide bonds. The number of aromatic nitrogens is 2. The van der Waals surface area contributed by atoms with Crippen LogP contribution in [-0.4, -0.2) is 58.7 Å². The molecule has 0 radical (unpaired) electrons. The van der Waals surface area contributed by atoms with Crippen LogP contribution in [0.1, 0.15) is 43.7 Å². The number of carbonyl (C=O) groups excluding carboxylic acids is 1. The van der Waals surface area contributed by atoms with Crippen molar-refractivity contribution in [2.45, 2.75) is 45.2 Å². The van der Waals surface area contributed by atoms with Crippen molar-refractivity contribution in [3.63, 3.8) is 0 Å². The van der Waals surface area contributed by atoms with Crippen LogP contribution in [0, 0.1) is 5.92 Å². The van der Waals surface area contributed by atoms with E-state index in [2.05, 4.69) is 22.0 Å². The number of fused-ring (bicyclic) bond motifs is 1. The lowest BCUT2D eigenvalue weighted by Crippen LogP contribution is -2.22. The van der Waals surface area contributed by atoms with Gasteiger partial charge in [0.1, 0.15) is 18.0 Å². The topological polar surface area (TPSA) is 59.2 Å². The smallest absolute Gasteiger partial charge is 0.389 e. The monoisotopic (exact) mass is 500 g/mol. The van der Waals surface area contributed by atoms with Gasteiger partial charge >= 0.3 is 6.18 Å². The molecule has 1 aliphatic rings. The van der Waals surface area contributed by atoms with Gasteiger partial charge in [0, 0.05) is 43.3 Å². The lowest BCUT2D eigenvalue weighted by Gasteiger charge is -2.13. The summed E-state index contributed by atoms with van der Waals surface area (Å²) in [5.41, 5.74) is 3.92. The second-order valence-electron chi connectivity index (χ2n) is 9.48. The van der Waals surface area contributed by atoms with E-state index in [4.69, 9.17) is 4.84 Å². The summed E-state index contributed by atoms with van der Waals surface area (Å²) in [4.78, 5) is 24.3. The van der Waals surface area contributed by atoms with Gasteiger partial charge in [-0.2, -0.15) is 13.2 Å². The number of carbonyl (C=O) groups is 1. The SMILES string of the molecule is CC1CCN(CCCO/N=C\c2ccn3c(-c4cccc(CC(=O)CCC(F)(F)F)c4)cnc3c2)C1. The van der Waals surface area contributed by atoms with E-state index in [0.29, 0.717) is 12.2 Å². The van der Waals surface area contributed by atoms with Crippen molar-refractivity contribution in [2.24, 2.45) is 11.1 Å². The number of pyridine rings is 1. The molecule has 1 unspecified atom stereocenters. The number of oxime groups is 1. The Labute approximate surface area is 208 Å². The van der Waals surface area contributed by atoms with Gasteiger partial charge in [0.25, 0.3) is 0 Å². The van der Waals surface area contributed by atoms with Crippen LogP contribution in [0.15, 0.2) is 53.9 Å². The van der Waals surface area contributed by atoms with Gasteiger partial charge in [0.2, 0.25) is 0 Å². The molecule has 36 heavy (non-hydrogen) atoms. The Morgan fingerprint density at radius 3 is 2.92 bits per heavy atom. The average molecular weight is 501 g/mol. The van der Waals surface area contributed by atoms with Crippen LogP contribution in [-0.2, 0) is 16.1 Å². The first-order valence-electron chi connectivity index (χ1n) is 12.3. The molecule has 1 atom stereocenters. The number of alkyl halides is 3. The third kappa shape index (κ3) is 7.40. The number of benzene rings is 1. The normalized spacial score (nSPS) is 16.8. The number of hydrogen-bond donors (Lipinski definition) is 0. The van der Waals surface area contributed by atoms with Crippen LogP contribution >= 0.6 is 0 Å². The predicted molar refractivity (Wildman–Crippen MR) is 133 cm³/mol. The molecule has 192 valence electrons. The summed E-state index contributed by atoms with van der Waals surface area (Å²) >= 11 is 0. The molecular formula is C27H31F3N4O2. The highest BCUT2D eigenvalue weighted by molar-refractivity contribution is 5.82. The fourth-order valence-corrected chi connectivity index (χ4v) is 4.46. The second kappa shape index (κ2) is 11.7. The molecule has 3 aromatic rings. The van der Waals surface area contributed by atoms with Crippen LogP contribution in [0.5, 0.6) is 0 Å². The zero-order valence-electron chi connectivity index (χ0n) is 20.4. The minimum absolute atomic E-state index is 0.0293. The Balaban J connectivity index is 1.33. The van der Waals surface area contributed by atoms with Gasteiger partial charge in [0.15, 0.2) is 0 Å². The molecule has 1 saturated heterocycles. The Bertz CT molecular complexity index is 1210. The number of Topliss-reactive ketones (excluding diaryl/α,β-unsaturated/α-hetero) is 1. The first-order chi connectivity index (χ1) is 17.3. The van der Waals surface area contributed by atoms with Crippen LogP contribution in [0.4, 0.5) is 13.2 Å². The highest BCUT2D eigenvalue weighted by Crippen LogP contribution is 2.24. The van der Waals surface area contributed by atoms with E-state index in [-0.39, 0.29) is 6.42 Å². The molecule has 6 nitrogen and oxygen atoms in total. The summed E-state index contributed by atoms with van der Waals surface area (Å²) < 4.78 is 39.1. The summed E-state index contributed by atoms with van der Waals surface area (Å²) in [5, 5.41) is 4.08. The van der Waals surface area contributed by atoms with Crippen molar-refractivity contribution in [2.75, 3.05) is 26.2 Å². The predicted octanol–water partition coefficient (Wildman–Crippen LogP) is 5.54. The molecule has 0 saturated carbocycles. The Morgan fingerprint density at radius 2 is 2.14 bits per heavy atom. The molecule has 0 bridgehead atoms. The Hall–Kier alpha value is -3.20. The van der Waals surface area contributed by atoms with Crippen LogP contribution in [0.2, 0.25) is 0 Å². The lowest BCUT2D eigenvalue weighted by molar-refractivity contribution is -0.143. The van der Waals surface area contributed by atoms with Gasteiger partial charge in [-0.1, -0.05) is 30.3 Å². The molecule has 1 aromatic carbocycles. The summed E-state index contributed by atoms with van der Waals surface area (Å²) in [6.45, 7) is 6.23. The fraction of sp³-hybridized carbons (Fsp3) is 0.444. The largest absolute Gasteiger partial charge is 0.396 e. The molecule has 3 heterocycles. The molecule has 2 aromatic heterocycles. The molecule has 4 rings (SSSR count). The summed E-state index contributed by atoms with van der Waals surface area (Å²) in [7, 11) is 0. The van der Waals surface area contributed by atoms with Gasteiger partial charge in [-0.25, -0.2) is 4.98 Å². The van der Waals surface area contributed by atoms with E-state index in [1.165, 1.54) is 19.5 Å². The highest BCUT2D eigenvalue weighted by atomic mass is 19.4. The van der Waals surface area contributed by atoms with Crippen LogP contribution < -0.4 is 0 Å². The van der Waals surface area contributed by atoms with Crippen molar-refractivity contribution in [3.05, 3.63) is 59.9 Å². The van der Waals surface area contributed by atoms with Crippen LogP contribution in [0.3, 0.4) is 0 Å². The zero-order chi connectivity index (χ0) is 25.5. The van der Waals surface area contributed by atoms with Crippen molar-refractivity contribution in [1.82, 2.24) is 14.3 Å². The van der Waals surface area contributed by atoms with E-state index in [1.807, 2.05) is 34.9 Å². The van der Waals surface area contributed by atoms with Gasteiger partial charge in [-0.15, -0.1) is 0 Å². The standard InChI is InChI=1S/C27H31F3N4O2/c1-20-7-11-33(19-20)10-3-13-36-32-17-22-8-12-34-25(18-31-26(34)16-22)23-5-2-4-21(14-23)15-24(35)6-9-27(28,29)30/h2,4-5,8,12,14,16-18,20H,3,6-7,9-11,13,15,19H2,1H3/b32-17-. The fourth-order valence-electron chi connectivity index (χ4n) is 4.46. The molecule has 0 aliphatic carbocycles. The summed E-state index contributed by atoms with van der Waals surface area (Å²) in [6, 6.07) is 11.1. The number of likely N-dealkylation sites (tertiary alicyclic amines) is 1. The van der Waals surface area contributed by atoms with E-state index in [9.17, 15) is 18.0 Å². The molecule has 1 aliphatic heterocycles. The first-order valence-corrected chi connectivity index (χ1v) is 12.3. The van der Waals surface area contributed by atoms with Crippen LogP contribution in [0.25, 0.3) is 16.9 Å². The van der Waals surface area contributed by atoms with E-state index in [0.717, 1.165) is 41.4 Å². The molecule has 0 N–H and O–H groups in total. The third-order valence-corrected chi connectivity index (χ3v) is 6.34. The minimum atomic E-state index is -4.32. The number of imidazole rings is 1.